The van der Waals surface area contributed by atoms with Crippen LogP contribution >= 0.6 is 0 Å². The van der Waals surface area contributed by atoms with E-state index in [9.17, 15) is 9.59 Å². The van der Waals surface area contributed by atoms with E-state index in [-0.39, 0.29) is 17.1 Å². The second-order valence-corrected chi connectivity index (χ2v) is 5.07. The van der Waals surface area contributed by atoms with Gasteiger partial charge in [0.15, 0.2) is 0 Å². The Balaban J connectivity index is 1.91. The molecule has 110 valence electrons. The number of benzene rings is 1. The van der Waals surface area contributed by atoms with E-state index in [0.717, 1.165) is 25.9 Å². The second kappa shape index (κ2) is 5.47. The Labute approximate surface area is 121 Å². The zero-order valence-corrected chi connectivity index (χ0v) is 11.8. The number of urea groups is 1. The van der Waals surface area contributed by atoms with Crippen molar-refractivity contribution in [2.24, 2.45) is 0 Å². The number of aromatic nitrogens is 1. The molecule has 6 heteroatoms. The number of hydrogen-bond acceptors (Lipinski definition) is 3. The quantitative estimate of drug-likeness (QED) is 0.889. The lowest BCUT2D eigenvalue weighted by molar-refractivity contribution is 0.222. The van der Waals surface area contributed by atoms with E-state index in [1.165, 1.54) is 6.20 Å². The Kier molecular flexibility index (Phi) is 3.51. The molecule has 0 aliphatic carbocycles. The standard InChI is InChI=1S/C15H17N3O3/c1-21-10-4-5-11-12(8-10)16-9-13(14(11)19)17-15(20)18-6-2-3-7-18/h4-5,8-9H,2-3,6-7H2,1H3,(H,16,19)(H,17,20). The van der Waals surface area contributed by atoms with Crippen LogP contribution in [0.2, 0.25) is 0 Å². The maximum atomic E-state index is 12.4. The Morgan fingerprint density at radius 2 is 2.10 bits per heavy atom. The van der Waals surface area contributed by atoms with Gasteiger partial charge in [0, 0.05) is 30.7 Å². The first kappa shape index (κ1) is 13.5. The van der Waals surface area contributed by atoms with Crippen LogP contribution in [0.1, 0.15) is 12.8 Å². The first-order valence-electron chi connectivity index (χ1n) is 6.94. The average Bonchev–Trinajstić information content (AvgIpc) is 3.04. The molecule has 1 saturated heterocycles. The van der Waals surface area contributed by atoms with Crippen molar-refractivity contribution in [3.8, 4) is 5.75 Å². The van der Waals surface area contributed by atoms with E-state index < -0.39 is 0 Å². The zero-order chi connectivity index (χ0) is 14.8. The topological polar surface area (TPSA) is 74.4 Å². The third kappa shape index (κ3) is 2.56. The van der Waals surface area contributed by atoms with Crippen LogP contribution in [0.4, 0.5) is 10.5 Å². The summed E-state index contributed by atoms with van der Waals surface area (Å²) in [6.45, 7) is 1.49. The van der Waals surface area contributed by atoms with Gasteiger partial charge in [-0.05, 0) is 25.0 Å². The molecule has 0 radical (unpaired) electrons. The summed E-state index contributed by atoms with van der Waals surface area (Å²) in [6, 6.07) is 4.95. The largest absolute Gasteiger partial charge is 0.497 e. The summed E-state index contributed by atoms with van der Waals surface area (Å²) in [5, 5.41) is 3.21. The molecule has 1 aliphatic heterocycles. The number of rotatable bonds is 2. The molecule has 0 atom stereocenters. The molecule has 0 unspecified atom stereocenters. The molecule has 6 nitrogen and oxygen atoms in total. The lowest BCUT2D eigenvalue weighted by Gasteiger charge is -2.16. The van der Waals surface area contributed by atoms with E-state index in [2.05, 4.69) is 10.3 Å². The molecule has 1 aromatic heterocycles. The molecular weight excluding hydrogens is 270 g/mol. The summed E-state index contributed by atoms with van der Waals surface area (Å²) in [6.07, 6.45) is 3.56. The summed E-state index contributed by atoms with van der Waals surface area (Å²) in [5.41, 5.74) is 0.752. The second-order valence-electron chi connectivity index (χ2n) is 5.07. The van der Waals surface area contributed by atoms with Crippen LogP contribution in [0.3, 0.4) is 0 Å². The highest BCUT2D eigenvalue weighted by atomic mass is 16.5. The average molecular weight is 287 g/mol. The van der Waals surface area contributed by atoms with E-state index in [1.807, 2.05) is 0 Å². The number of likely N-dealkylation sites (tertiary alicyclic amines) is 1. The molecule has 1 aromatic carbocycles. The van der Waals surface area contributed by atoms with Crippen molar-refractivity contribution in [2.45, 2.75) is 12.8 Å². The summed E-state index contributed by atoms with van der Waals surface area (Å²) < 4.78 is 5.13. The van der Waals surface area contributed by atoms with Crippen molar-refractivity contribution in [1.29, 1.82) is 0 Å². The smallest absolute Gasteiger partial charge is 0.321 e. The predicted octanol–water partition coefficient (Wildman–Crippen LogP) is 2.16. The highest BCUT2D eigenvalue weighted by Crippen LogP contribution is 2.18. The molecule has 1 aliphatic rings. The van der Waals surface area contributed by atoms with Gasteiger partial charge in [-0.2, -0.15) is 0 Å². The maximum Gasteiger partial charge on any atom is 0.321 e. The van der Waals surface area contributed by atoms with Gasteiger partial charge < -0.3 is 19.9 Å². The van der Waals surface area contributed by atoms with Crippen molar-refractivity contribution in [2.75, 3.05) is 25.5 Å². The Morgan fingerprint density at radius 1 is 1.33 bits per heavy atom. The van der Waals surface area contributed by atoms with Crippen molar-refractivity contribution >= 4 is 22.6 Å². The number of amides is 2. The first-order chi connectivity index (χ1) is 10.2. The fourth-order valence-electron chi connectivity index (χ4n) is 2.54. The molecule has 1 fully saturated rings. The predicted molar refractivity (Wildman–Crippen MR) is 80.9 cm³/mol. The van der Waals surface area contributed by atoms with Crippen molar-refractivity contribution in [3.05, 3.63) is 34.6 Å². The summed E-state index contributed by atoms with van der Waals surface area (Å²) in [7, 11) is 1.57. The Hall–Kier alpha value is -2.50. The van der Waals surface area contributed by atoms with Gasteiger partial charge in [0.05, 0.1) is 12.6 Å². The molecule has 0 spiro atoms. The number of nitrogens with zero attached hydrogens (tertiary/aromatic N) is 1. The van der Waals surface area contributed by atoms with E-state index in [1.54, 1.807) is 30.2 Å². The third-order valence-corrected chi connectivity index (χ3v) is 3.72. The summed E-state index contributed by atoms with van der Waals surface area (Å²) in [4.78, 5) is 29.2. The van der Waals surface area contributed by atoms with Crippen LogP contribution in [-0.2, 0) is 0 Å². The third-order valence-electron chi connectivity index (χ3n) is 3.72. The number of fused-ring (bicyclic) bond motifs is 1. The van der Waals surface area contributed by atoms with Crippen LogP contribution in [0.5, 0.6) is 5.75 Å². The molecule has 3 rings (SSSR count). The first-order valence-corrected chi connectivity index (χ1v) is 6.94. The van der Waals surface area contributed by atoms with Gasteiger partial charge in [-0.25, -0.2) is 4.79 Å². The van der Waals surface area contributed by atoms with Crippen LogP contribution in [0.15, 0.2) is 29.2 Å². The van der Waals surface area contributed by atoms with Crippen molar-refractivity contribution in [1.82, 2.24) is 9.88 Å². The highest BCUT2D eigenvalue weighted by Gasteiger charge is 2.19. The van der Waals surface area contributed by atoms with Gasteiger partial charge in [-0.3, -0.25) is 4.79 Å². The van der Waals surface area contributed by atoms with Crippen LogP contribution in [-0.4, -0.2) is 36.1 Å². The Bertz CT molecular complexity index is 733. The van der Waals surface area contributed by atoms with Crippen LogP contribution in [0, 0.1) is 0 Å². The molecule has 2 N–H and O–H groups in total. The van der Waals surface area contributed by atoms with Crippen LogP contribution in [0.25, 0.3) is 10.9 Å². The van der Waals surface area contributed by atoms with E-state index >= 15 is 0 Å². The lowest BCUT2D eigenvalue weighted by atomic mass is 10.2. The number of nitrogens with one attached hydrogen (secondary N) is 2. The van der Waals surface area contributed by atoms with Crippen molar-refractivity contribution in [3.63, 3.8) is 0 Å². The van der Waals surface area contributed by atoms with Gasteiger partial charge >= 0.3 is 6.03 Å². The lowest BCUT2D eigenvalue weighted by Crippen LogP contribution is -2.33. The zero-order valence-electron chi connectivity index (χ0n) is 11.8. The molecule has 0 saturated carbocycles. The number of hydrogen-bond donors (Lipinski definition) is 2. The molecular formula is C15H17N3O3. The normalized spacial score (nSPS) is 14.4. The van der Waals surface area contributed by atoms with Crippen molar-refractivity contribution < 1.29 is 9.53 Å². The van der Waals surface area contributed by atoms with Gasteiger partial charge in [-0.1, -0.05) is 0 Å². The summed E-state index contributed by atoms with van der Waals surface area (Å²) in [5.74, 6) is 0.673. The number of carbonyl (C=O) groups excluding carboxylic acids is 1. The maximum absolute atomic E-state index is 12.4. The van der Waals surface area contributed by atoms with Gasteiger partial charge in [0.1, 0.15) is 11.4 Å². The SMILES string of the molecule is COc1ccc2c(=O)c(NC(=O)N3CCCC3)c[nH]c2c1. The summed E-state index contributed by atoms with van der Waals surface area (Å²) >= 11 is 0. The van der Waals surface area contributed by atoms with Gasteiger partial charge in [0.2, 0.25) is 5.43 Å². The molecule has 21 heavy (non-hydrogen) atoms. The monoisotopic (exact) mass is 287 g/mol. The molecule has 2 aromatic rings. The number of H-pyrrole nitrogens is 1. The molecule has 2 amide bonds. The van der Waals surface area contributed by atoms with Gasteiger partial charge in [0.25, 0.3) is 0 Å². The number of carbonyl (C=O) groups is 1. The van der Waals surface area contributed by atoms with Crippen LogP contribution < -0.4 is 15.5 Å². The number of methoxy groups -OCH3 is 1. The minimum Gasteiger partial charge on any atom is -0.497 e. The molecule has 0 bridgehead atoms. The fourth-order valence-corrected chi connectivity index (χ4v) is 2.54. The molecule has 2 heterocycles. The van der Waals surface area contributed by atoms with Gasteiger partial charge in [-0.15, -0.1) is 0 Å². The minimum absolute atomic E-state index is 0.195. The number of ether oxygens (including phenoxy) is 1. The Morgan fingerprint density at radius 3 is 2.81 bits per heavy atom. The number of pyridine rings is 1. The number of anilines is 1. The van der Waals surface area contributed by atoms with E-state index in [4.69, 9.17) is 4.74 Å². The minimum atomic E-state index is -0.217. The number of aromatic amines is 1. The fraction of sp³-hybridized carbons (Fsp3) is 0.333. The van der Waals surface area contributed by atoms with E-state index in [0.29, 0.717) is 16.7 Å². The highest BCUT2D eigenvalue weighted by molar-refractivity contribution is 5.92.